The third-order valence-electron chi connectivity index (χ3n) is 6.34. The van der Waals surface area contributed by atoms with E-state index in [2.05, 4.69) is 5.16 Å². The predicted molar refractivity (Wildman–Crippen MR) is 111 cm³/mol. The Bertz CT molecular complexity index is 883. The second kappa shape index (κ2) is 8.60. The summed E-state index contributed by atoms with van der Waals surface area (Å²) in [6, 6.07) is 10.0. The Balaban J connectivity index is 1.50. The molecule has 4 rings (SSSR count). The number of aryl methyl sites for hydroxylation is 2. The number of amides is 2. The molecule has 0 aliphatic carbocycles. The Labute approximate surface area is 177 Å². The van der Waals surface area contributed by atoms with Crippen molar-refractivity contribution in [1.29, 1.82) is 0 Å². The van der Waals surface area contributed by atoms with Gasteiger partial charge in [0.15, 0.2) is 0 Å². The minimum Gasteiger partial charge on any atom is -0.379 e. The quantitative estimate of drug-likeness (QED) is 0.756. The molecule has 0 radical (unpaired) electrons. The fourth-order valence-electron chi connectivity index (χ4n) is 4.57. The predicted octanol–water partition coefficient (Wildman–Crippen LogP) is 2.64. The largest absolute Gasteiger partial charge is 0.379 e. The fraction of sp³-hybridized carbons (Fsp3) is 0.522. The van der Waals surface area contributed by atoms with Crippen LogP contribution < -0.4 is 0 Å². The first-order chi connectivity index (χ1) is 14.5. The summed E-state index contributed by atoms with van der Waals surface area (Å²) < 4.78 is 10.9. The molecule has 2 amide bonds. The summed E-state index contributed by atoms with van der Waals surface area (Å²) in [5.74, 6) is 0.919. The van der Waals surface area contributed by atoms with Crippen LogP contribution in [0.2, 0.25) is 0 Å². The van der Waals surface area contributed by atoms with Crippen LogP contribution in [0.4, 0.5) is 0 Å². The summed E-state index contributed by atoms with van der Waals surface area (Å²) in [6.45, 7) is 6.37. The van der Waals surface area contributed by atoms with Crippen LogP contribution in [0.25, 0.3) is 0 Å². The van der Waals surface area contributed by atoms with Crippen molar-refractivity contribution >= 4 is 11.8 Å². The van der Waals surface area contributed by atoms with Gasteiger partial charge in [0.05, 0.1) is 17.8 Å². The maximum atomic E-state index is 13.1. The fourth-order valence-corrected chi connectivity index (χ4v) is 4.57. The van der Waals surface area contributed by atoms with Crippen molar-refractivity contribution in [3.8, 4) is 0 Å². The van der Waals surface area contributed by atoms with Crippen molar-refractivity contribution < 1.29 is 18.8 Å². The molecule has 160 valence electrons. The molecule has 0 bridgehead atoms. The molecule has 7 heteroatoms. The molecule has 2 fully saturated rings. The SMILES string of the molecule is Cc1noc(C)c1CCC(=O)N1CCC(=O)N(Cc2ccccc2)C2(CCOC2)C1. The molecule has 0 saturated carbocycles. The van der Waals surface area contributed by atoms with Crippen LogP contribution in [0, 0.1) is 13.8 Å². The van der Waals surface area contributed by atoms with Gasteiger partial charge >= 0.3 is 0 Å². The standard InChI is InChI=1S/C23H29N3O4/c1-17-20(18(2)30-24-17)8-9-21(27)25-12-10-22(28)26(14-19-6-4-3-5-7-19)23(15-25)11-13-29-16-23/h3-7H,8-16H2,1-2H3. The first-order valence-corrected chi connectivity index (χ1v) is 10.6. The van der Waals surface area contributed by atoms with Crippen LogP contribution in [-0.4, -0.2) is 58.6 Å². The van der Waals surface area contributed by atoms with Gasteiger partial charge < -0.3 is 19.1 Å². The molecule has 1 spiro atoms. The zero-order valence-electron chi connectivity index (χ0n) is 17.7. The zero-order chi connectivity index (χ0) is 21.1. The van der Waals surface area contributed by atoms with Crippen molar-refractivity contribution in [1.82, 2.24) is 15.0 Å². The van der Waals surface area contributed by atoms with Crippen LogP contribution in [0.1, 0.15) is 41.8 Å². The molecule has 30 heavy (non-hydrogen) atoms. The molecular weight excluding hydrogens is 382 g/mol. The lowest BCUT2D eigenvalue weighted by Crippen LogP contribution is -2.56. The maximum Gasteiger partial charge on any atom is 0.225 e. The third-order valence-corrected chi connectivity index (χ3v) is 6.34. The summed E-state index contributed by atoms with van der Waals surface area (Å²) in [5, 5.41) is 3.97. The van der Waals surface area contributed by atoms with E-state index in [0.717, 1.165) is 29.0 Å². The Hall–Kier alpha value is -2.67. The highest BCUT2D eigenvalue weighted by Crippen LogP contribution is 2.32. The van der Waals surface area contributed by atoms with Gasteiger partial charge in [-0.1, -0.05) is 35.5 Å². The Kier molecular flexibility index (Phi) is 5.90. The van der Waals surface area contributed by atoms with E-state index in [9.17, 15) is 9.59 Å². The van der Waals surface area contributed by atoms with Crippen molar-refractivity contribution in [2.24, 2.45) is 0 Å². The van der Waals surface area contributed by atoms with E-state index in [-0.39, 0.29) is 11.8 Å². The van der Waals surface area contributed by atoms with Gasteiger partial charge in [-0.3, -0.25) is 9.59 Å². The molecule has 1 aromatic carbocycles. The molecule has 3 heterocycles. The number of ether oxygens (including phenoxy) is 1. The molecular formula is C23H29N3O4. The van der Waals surface area contributed by atoms with Gasteiger partial charge in [0, 0.05) is 44.6 Å². The van der Waals surface area contributed by atoms with E-state index in [0.29, 0.717) is 52.1 Å². The van der Waals surface area contributed by atoms with E-state index in [4.69, 9.17) is 9.26 Å². The number of nitrogens with zero attached hydrogens (tertiary/aromatic N) is 3. The normalized spacial score (nSPS) is 22.0. The second-order valence-corrected chi connectivity index (χ2v) is 8.36. The smallest absolute Gasteiger partial charge is 0.225 e. The minimum atomic E-state index is -0.456. The molecule has 2 aliphatic rings. The highest BCUT2D eigenvalue weighted by Gasteiger charge is 2.46. The van der Waals surface area contributed by atoms with Crippen LogP contribution in [0.3, 0.4) is 0 Å². The van der Waals surface area contributed by atoms with Crippen LogP contribution in [-0.2, 0) is 27.3 Å². The van der Waals surface area contributed by atoms with Gasteiger partial charge in [-0.2, -0.15) is 0 Å². The van der Waals surface area contributed by atoms with E-state index in [1.165, 1.54) is 0 Å². The van der Waals surface area contributed by atoms with Gasteiger partial charge in [0.2, 0.25) is 11.8 Å². The average Bonchev–Trinajstić information content (AvgIpc) is 3.31. The van der Waals surface area contributed by atoms with Gasteiger partial charge in [0.25, 0.3) is 0 Å². The summed E-state index contributed by atoms with van der Waals surface area (Å²) in [6.07, 6.45) is 2.07. The number of benzene rings is 1. The van der Waals surface area contributed by atoms with E-state index < -0.39 is 5.54 Å². The van der Waals surface area contributed by atoms with E-state index in [1.54, 1.807) is 0 Å². The van der Waals surface area contributed by atoms with Crippen molar-refractivity contribution in [2.45, 2.75) is 51.6 Å². The van der Waals surface area contributed by atoms with E-state index >= 15 is 0 Å². The van der Waals surface area contributed by atoms with Gasteiger partial charge in [-0.25, -0.2) is 0 Å². The summed E-state index contributed by atoms with van der Waals surface area (Å²) in [4.78, 5) is 30.0. The molecule has 2 saturated heterocycles. The third kappa shape index (κ3) is 4.12. The first-order valence-electron chi connectivity index (χ1n) is 10.6. The number of rotatable bonds is 5. The van der Waals surface area contributed by atoms with Gasteiger partial charge in [-0.05, 0) is 32.3 Å². The second-order valence-electron chi connectivity index (χ2n) is 8.36. The summed E-state index contributed by atoms with van der Waals surface area (Å²) in [7, 11) is 0. The molecule has 2 aromatic rings. The Morgan fingerprint density at radius 1 is 1.23 bits per heavy atom. The number of carbonyl (C=O) groups is 2. The average molecular weight is 412 g/mol. The molecule has 1 unspecified atom stereocenters. The summed E-state index contributed by atoms with van der Waals surface area (Å²) >= 11 is 0. The maximum absolute atomic E-state index is 13.1. The minimum absolute atomic E-state index is 0.0654. The molecule has 1 atom stereocenters. The van der Waals surface area contributed by atoms with Crippen LogP contribution in [0.5, 0.6) is 0 Å². The topological polar surface area (TPSA) is 75.9 Å². The van der Waals surface area contributed by atoms with Crippen molar-refractivity contribution in [2.75, 3.05) is 26.3 Å². The number of hydrogen-bond donors (Lipinski definition) is 0. The van der Waals surface area contributed by atoms with Gasteiger partial charge in [0.1, 0.15) is 5.76 Å². The first kappa shape index (κ1) is 20.6. The lowest BCUT2D eigenvalue weighted by atomic mass is 9.94. The highest BCUT2D eigenvalue weighted by atomic mass is 16.5. The number of aromatic nitrogens is 1. The van der Waals surface area contributed by atoms with Crippen LogP contribution in [0.15, 0.2) is 34.9 Å². The van der Waals surface area contributed by atoms with Crippen molar-refractivity contribution in [3.63, 3.8) is 0 Å². The van der Waals surface area contributed by atoms with Crippen molar-refractivity contribution in [3.05, 3.63) is 52.9 Å². The zero-order valence-corrected chi connectivity index (χ0v) is 17.7. The Morgan fingerprint density at radius 2 is 2.03 bits per heavy atom. The Morgan fingerprint density at radius 3 is 2.70 bits per heavy atom. The molecule has 1 aromatic heterocycles. The van der Waals surface area contributed by atoms with Gasteiger partial charge in [-0.15, -0.1) is 0 Å². The monoisotopic (exact) mass is 411 g/mol. The summed E-state index contributed by atoms with van der Waals surface area (Å²) in [5.41, 5.74) is 2.47. The number of hydrogen-bond acceptors (Lipinski definition) is 5. The number of carbonyl (C=O) groups excluding carboxylic acids is 2. The highest BCUT2D eigenvalue weighted by molar-refractivity contribution is 5.81. The molecule has 7 nitrogen and oxygen atoms in total. The lowest BCUT2D eigenvalue weighted by molar-refractivity contribution is -0.138. The van der Waals surface area contributed by atoms with Crippen LogP contribution >= 0.6 is 0 Å². The van der Waals surface area contributed by atoms with E-state index in [1.807, 2.05) is 54.0 Å². The molecule has 2 aliphatic heterocycles. The lowest BCUT2D eigenvalue weighted by Gasteiger charge is -2.40. The molecule has 0 N–H and O–H groups in total.